The van der Waals surface area contributed by atoms with Crippen LogP contribution >= 0.6 is 0 Å². The van der Waals surface area contributed by atoms with E-state index in [1.165, 1.54) is 0 Å². The molecule has 114 valence electrons. The molecule has 1 N–H and O–H groups in total. The Balaban J connectivity index is 1.82. The highest BCUT2D eigenvalue weighted by atomic mass is 32.2. The molecule has 0 aliphatic heterocycles. The van der Waals surface area contributed by atoms with E-state index < -0.39 is 17.1 Å². The van der Waals surface area contributed by atoms with Crippen molar-refractivity contribution in [1.82, 2.24) is 0 Å². The zero-order valence-electron chi connectivity index (χ0n) is 12.8. The molecule has 2 aliphatic rings. The lowest BCUT2D eigenvalue weighted by molar-refractivity contribution is 0.0144. The van der Waals surface area contributed by atoms with Crippen LogP contribution in [0, 0.1) is 16.7 Å². The number of benzene rings is 1. The smallest absolute Gasteiger partial charge is 0.145 e. The van der Waals surface area contributed by atoms with Gasteiger partial charge in [0.2, 0.25) is 0 Å². The molecule has 21 heavy (non-hydrogen) atoms. The largest absolute Gasteiger partial charge is 0.391 e. The second-order valence-corrected chi connectivity index (χ2v) is 8.42. The average Bonchev–Trinajstić information content (AvgIpc) is 2.78. The third-order valence-corrected chi connectivity index (χ3v) is 7.44. The summed E-state index contributed by atoms with van der Waals surface area (Å²) in [6.45, 7) is 6.54. The molecule has 1 aromatic rings. The molecule has 2 aliphatic carbocycles. The van der Waals surface area contributed by atoms with Crippen molar-refractivity contribution < 1.29 is 9.32 Å². The van der Waals surface area contributed by atoms with Gasteiger partial charge in [0.15, 0.2) is 0 Å². The highest BCUT2D eigenvalue weighted by Crippen LogP contribution is 2.66. The number of hydrogen-bond donors (Lipinski definition) is 1. The summed E-state index contributed by atoms with van der Waals surface area (Å²) in [6.07, 6.45) is 3.18. The molecular formula is C17H23NO2S. The van der Waals surface area contributed by atoms with E-state index in [2.05, 4.69) is 25.2 Å². The van der Waals surface area contributed by atoms with Crippen LogP contribution in [0.25, 0.3) is 0 Å². The molecule has 5 atom stereocenters. The SMILES string of the molecule is CC1(C)C2CCC1(C)[C@H](O)[C@@H]2[S@@](=O)/N=C/c1ccccc1. The summed E-state index contributed by atoms with van der Waals surface area (Å²) < 4.78 is 16.8. The first-order chi connectivity index (χ1) is 9.88. The van der Waals surface area contributed by atoms with Gasteiger partial charge in [0, 0.05) is 11.6 Å². The van der Waals surface area contributed by atoms with Crippen LogP contribution in [0.2, 0.25) is 0 Å². The Morgan fingerprint density at radius 2 is 1.95 bits per heavy atom. The second-order valence-electron chi connectivity index (χ2n) is 7.12. The number of aliphatic hydroxyl groups is 1. The average molecular weight is 305 g/mol. The van der Waals surface area contributed by atoms with Crippen molar-refractivity contribution in [2.75, 3.05) is 0 Å². The molecular weight excluding hydrogens is 282 g/mol. The van der Waals surface area contributed by atoms with E-state index >= 15 is 0 Å². The van der Waals surface area contributed by atoms with Crippen molar-refractivity contribution in [2.24, 2.45) is 21.1 Å². The molecule has 0 radical (unpaired) electrons. The maximum atomic E-state index is 12.6. The number of rotatable bonds is 3. The minimum atomic E-state index is -1.38. The fourth-order valence-electron chi connectivity index (χ4n) is 4.22. The number of nitrogens with zero attached hydrogens (tertiary/aromatic N) is 1. The van der Waals surface area contributed by atoms with Crippen LogP contribution in [-0.2, 0) is 11.0 Å². The molecule has 0 heterocycles. The molecule has 0 aromatic heterocycles. The third kappa shape index (κ3) is 2.11. The topological polar surface area (TPSA) is 49.7 Å². The van der Waals surface area contributed by atoms with Crippen LogP contribution in [0.5, 0.6) is 0 Å². The Morgan fingerprint density at radius 3 is 2.52 bits per heavy atom. The van der Waals surface area contributed by atoms with E-state index in [1.54, 1.807) is 6.21 Å². The van der Waals surface area contributed by atoms with Crippen molar-refractivity contribution in [1.29, 1.82) is 0 Å². The molecule has 4 heteroatoms. The van der Waals surface area contributed by atoms with Gasteiger partial charge < -0.3 is 5.11 Å². The van der Waals surface area contributed by atoms with Crippen LogP contribution in [0.4, 0.5) is 0 Å². The predicted octanol–water partition coefficient (Wildman–Crippen LogP) is 2.95. The molecule has 1 aromatic carbocycles. The van der Waals surface area contributed by atoms with Gasteiger partial charge in [0.1, 0.15) is 11.0 Å². The molecule has 0 spiro atoms. The summed E-state index contributed by atoms with van der Waals surface area (Å²) in [7, 11) is -1.38. The monoisotopic (exact) mass is 305 g/mol. The molecule has 2 saturated carbocycles. The Hall–Kier alpha value is -1.00. The fraction of sp³-hybridized carbons (Fsp3) is 0.588. The number of fused-ring (bicyclic) bond motifs is 2. The van der Waals surface area contributed by atoms with Gasteiger partial charge in [-0.05, 0) is 29.7 Å². The summed E-state index contributed by atoms with van der Waals surface area (Å²) in [4.78, 5) is 0. The first-order valence-electron chi connectivity index (χ1n) is 7.56. The van der Waals surface area contributed by atoms with Crippen molar-refractivity contribution in [2.45, 2.75) is 45.0 Å². The van der Waals surface area contributed by atoms with Crippen LogP contribution < -0.4 is 0 Å². The quantitative estimate of drug-likeness (QED) is 0.873. The summed E-state index contributed by atoms with van der Waals surface area (Å²) in [6, 6.07) is 9.67. The molecule has 3 nitrogen and oxygen atoms in total. The van der Waals surface area contributed by atoms with E-state index in [-0.39, 0.29) is 22.0 Å². The third-order valence-electron chi connectivity index (χ3n) is 6.07. The zero-order chi connectivity index (χ0) is 15.3. The fourth-order valence-corrected chi connectivity index (χ4v) is 5.87. The number of aliphatic hydroxyl groups excluding tert-OH is 1. The molecule has 0 saturated heterocycles. The van der Waals surface area contributed by atoms with Crippen LogP contribution in [0.15, 0.2) is 34.7 Å². The first kappa shape index (κ1) is 14.9. The number of hydrogen-bond acceptors (Lipinski definition) is 2. The standard InChI is InChI=1S/C17H23NO2S/c1-16(2)13-9-10-17(16,3)15(19)14(13)21(20)18-11-12-7-5-4-6-8-12/h4-8,11,13-15,19H,9-10H2,1-3H3/b18-11+/t13?,14-,15-,17?,21-/m1/s1. The molecule has 2 fully saturated rings. The highest BCUT2D eigenvalue weighted by Gasteiger charge is 2.67. The van der Waals surface area contributed by atoms with Gasteiger partial charge in [-0.2, -0.15) is 4.40 Å². The minimum absolute atomic E-state index is 0.0228. The van der Waals surface area contributed by atoms with Gasteiger partial charge in [-0.1, -0.05) is 51.1 Å². The van der Waals surface area contributed by atoms with Crippen LogP contribution in [-0.4, -0.2) is 26.9 Å². The Bertz CT molecular complexity index is 584. The summed E-state index contributed by atoms with van der Waals surface area (Å²) in [5, 5.41) is 10.4. The van der Waals surface area contributed by atoms with E-state index in [9.17, 15) is 9.32 Å². The zero-order valence-corrected chi connectivity index (χ0v) is 13.6. The summed E-state index contributed by atoms with van der Waals surface area (Å²) in [5.74, 6) is 0.284. The van der Waals surface area contributed by atoms with Crippen molar-refractivity contribution in [3.05, 3.63) is 35.9 Å². The maximum absolute atomic E-state index is 12.6. The molecule has 0 amide bonds. The Kier molecular flexibility index (Phi) is 3.57. The van der Waals surface area contributed by atoms with Gasteiger partial charge in [-0.25, -0.2) is 4.21 Å². The van der Waals surface area contributed by atoms with Gasteiger partial charge in [-0.15, -0.1) is 0 Å². The lowest BCUT2D eigenvalue weighted by Crippen LogP contribution is -2.41. The predicted molar refractivity (Wildman–Crippen MR) is 86.6 cm³/mol. The summed E-state index contributed by atoms with van der Waals surface area (Å²) in [5.41, 5.74) is 0.823. The van der Waals surface area contributed by atoms with Gasteiger partial charge in [-0.3, -0.25) is 0 Å². The van der Waals surface area contributed by atoms with E-state index in [4.69, 9.17) is 0 Å². The van der Waals surface area contributed by atoms with Crippen molar-refractivity contribution in [3.63, 3.8) is 0 Å². The Labute approximate surface area is 129 Å². The van der Waals surface area contributed by atoms with Crippen LogP contribution in [0.1, 0.15) is 39.2 Å². The molecule has 2 bridgehead atoms. The normalized spacial score (nSPS) is 39.0. The highest BCUT2D eigenvalue weighted by molar-refractivity contribution is 7.84. The minimum Gasteiger partial charge on any atom is -0.391 e. The van der Waals surface area contributed by atoms with E-state index in [0.29, 0.717) is 0 Å². The Morgan fingerprint density at radius 1 is 1.29 bits per heavy atom. The molecule has 2 unspecified atom stereocenters. The van der Waals surface area contributed by atoms with Gasteiger partial charge >= 0.3 is 0 Å². The van der Waals surface area contributed by atoms with Gasteiger partial charge in [0.25, 0.3) is 0 Å². The van der Waals surface area contributed by atoms with Crippen LogP contribution in [0.3, 0.4) is 0 Å². The van der Waals surface area contributed by atoms with Crippen molar-refractivity contribution >= 4 is 17.2 Å². The molecule has 3 rings (SSSR count). The first-order valence-corrected chi connectivity index (χ1v) is 8.73. The maximum Gasteiger partial charge on any atom is 0.145 e. The van der Waals surface area contributed by atoms with Crippen molar-refractivity contribution in [3.8, 4) is 0 Å². The lowest BCUT2D eigenvalue weighted by atomic mass is 9.70. The second kappa shape index (κ2) is 5.03. The lowest BCUT2D eigenvalue weighted by Gasteiger charge is -2.36. The summed E-state index contributed by atoms with van der Waals surface area (Å²) >= 11 is 0. The van der Waals surface area contributed by atoms with Gasteiger partial charge in [0.05, 0.1) is 11.4 Å². The van der Waals surface area contributed by atoms with E-state index in [0.717, 1.165) is 18.4 Å². The van der Waals surface area contributed by atoms with E-state index in [1.807, 2.05) is 30.3 Å².